The van der Waals surface area contributed by atoms with Gasteiger partial charge in [-0.25, -0.2) is 0 Å². The van der Waals surface area contributed by atoms with E-state index in [4.69, 9.17) is 5.26 Å². The first-order valence-electron chi connectivity index (χ1n) is 10.3. The number of carbonyl (C=O) groups excluding carboxylic acids is 1. The Hall–Kier alpha value is -3.06. The zero-order chi connectivity index (χ0) is 23.3. The van der Waals surface area contributed by atoms with Crippen LogP contribution < -0.4 is 4.90 Å². The van der Waals surface area contributed by atoms with Crippen molar-refractivity contribution in [3.63, 3.8) is 0 Å². The summed E-state index contributed by atoms with van der Waals surface area (Å²) in [5, 5.41) is 23.5. The smallest absolute Gasteiger partial charge is 0.396 e. The molecule has 1 aromatic heterocycles. The topological polar surface area (TPSA) is 85.4 Å². The number of nitrogens with zero attached hydrogens (tertiary/aromatic N) is 5. The number of hydrogen-bond donors (Lipinski definition) is 1. The molecule has 0 spiro atoms. The normalized spacial score (nSPS) is 23.2. The lowest BCUT2D eigenvalue weighted by Gasteiger charge is -2.43. The van der Waals surface area contributed by atoms with Crippen molar-refractivity contribution in [2.75, 3.05) is 37.7 Å². The van der Waals surface area contributed by atoms with E-state index >= 15 is 0 Å². The molecule has 0 radical (unpaired) electrons. The average Bonchev–Trinajstić information content (AvgIpc) is 3.31. The maximum atomic E-state index is 13.4. The molecule has 10 heteroatoms. The number of amides is 1. The van der Waals surface area contributed by atoms with E-state index in [1.807, 2.05) is 4.90 Å². The van der Waals surface area contributed by atoms with Crippen molar-refractivity contribution in [1.29, 1.82) is 5.26 Å². The first-order valence-corrected chi connectivity index (χ1v) is 10.3. The highest BCUT2D eigenvalue weighted by Crippen LogP contribution is 2.44. The largest absolute Gasteiger partial charge is 0.417 e. The van der Waals surface area contributed by atoms with Crippen LogP contribution in [0.15, 0.2) is 24.3 Å². The van der Waals surface area contributed by atoms with Gasteiger partial charge in [0, 0.05) is 50.2 Å². The minimum absolute atomic E-state index is 0.0931. The Morgan fingerprint density at radius 3 is 2.69 bits per heavy atom. The predicted molar refractivity (Wildman–Crippen MR) is 110 cm³/mol. The molecule has 3 heterocycles. The quantitative estimate of drug-likeness (QED) is 0.782. The summed E-state index contributed by atoms with van der Waals surface area (Å²) in [6, 6.07) is 7.06. The van der Waals surface area contributed by atoms with Gasteiger partial charge in [0.25, 0.3) is 5.91 Å². The number of halogens is 3. The number of piperidine rings is 1. The Balaban J connectivity index is 1.57. The first-order chi connectivity index (χ1) is 15.1. The van der Waals surface area contributed by atoms with E-state index in [0.29, 0.717) is 44.0 Å². The Labute approximate surface area is 183 Å². The Bertz CT molecular complexity index is 1090. The number of aliphatic hydroxyl groups excluding tert-OH is 1. The lowest BCUT2D eigenvalue weighted by molar-refractivity contribution is -0.137. The van der Waals surface area contributed by atoms with Crippen molar-refractivity contribution in [1.82, 2.24) is 14.7 Å². The molecule has 1 aromatic carbocycles. The molecule has 4 rings (SSSR count). The van der Waals surface area contributed by atoms with Crippen LogP contribution in [0.4, 0.5) is 18.9 Å². The zero-order valence-electron chi connectivity index (χ0n) is 17.9. The third kappa shape index (κ3) is 3.71. The number of alkyl halides is 3. The number of likely N-dealkylation sites (tertiary alicyclic amines) is 1. The molecule has 2 fully saturated rings. The summed E-state index contributed by atoms with van der Waals surface area (Å²) >= 11 is 0. The molecule has 0 aliphatic carbocycles. The number of anilines is 1. The fourth-order valence-electron chi connectivity index (χ4n) is 4.96. The molecule has 0 unspecified atom stereocenters. The van der Waals surface area contributed by atoms with Crippen molar-refractivity contribution in [2.45, 2.75) is 19.5 Å². The highest BCUT2D eigenvalue weighted by molar-refractivity contribution is 5.93. The summed E-state index contributed by atoms with van der Waals surface area (Å²) in [4.78, 5) is 16.6. The van der Waals surface area contributed by atoms with E-state index in [1.54, 1.807) is 31.0 Å². The number of hydrogen-bond acceptors (Lipinski definition) is 5. The van der Waals surface area contributed by atoms with E-state index < -0.39 is 22.7 Å². The van der Waals surface area contributed by atoms with Gasteiger partial charge in [0.1, 0.15) is 5.69 Å². The molecular weight excluding hydrogens is 423 g/mol. The van der Waals surface area contributed by atoms with Gasteiger partial charge >= 0.3 is 6.18 Å². The molecule has 2 aliphatic heterocycles. The van der Waals surface area contributed by atoms with Gasteiger partial charge in [-0.1, -0.05) is 0 Å². The first kappa shape index (κ1) is 22.1. The van der Waals surface area contributed by atoms with Gasteiger partial charge < -0.3 is 14.9 Å². The monoisotopic (exact) mass is 447 g/mol. The van der Waals surface area contributed by atoms with E-state index in [0.717, 1.165) is 11.8 Å². The number of fused-ring (bicyclic) bond motifs is 1. The molecule has 2 atom stereocenters. The highest BCUT2D eigenvalue weighted by Gasteiger charge is 2.50. The van der Waals surface area contributed by atoms with Crippen molar-refractivity contribution < 1.29 is 23.1 Å². The summed E-state index contributed by atoms with van der Waals surface area (Å²) in [6.07, 6.45) is -4.08. The minimum Gasteiger partial charge on any atom is -0.396 e. The van der Waals surface area contributed by atoms with Gasteiger partial charge in [-0.15, -0.1) is 0 Å². The molecule has 0 bridgehead atoms. The summed E-state index contributed by atoms with van der Waals surface area (Å²) in [5.74, 6) is -0.260. The van der Waals surface area contributed by atoms with E-state index in [-0.39, 0.29) is 18.4 Å². The van der Waals surface area contributed by atoms with Crippen LogP contribution in [-0.4, -0.2) is 58.5 Å². The van der Waals surface area contributed by atoms with Crippen LogP contribution in [-0.2, 0) is 13.2 Å². The van der Waals surface area contributed by atoms with Gasteiger partial charge in [0.05, 0.1) is 29.5 Å². The summed E-state index contributed by atoms with van der Waals surface area (Å²) < 4.78 is 41.7. The molecule has 2 saturated heterocycles. The van der Waals surface area contributed by atoms with E-state index in [9.17, 15) is 23.1 Å². The van der Waals surface area contributed by atoms with Crippen molar-refractivity contribution >= 4 is 11.6 Å². The predicted octanol–water partition coefficient (Wildman–Crippen LogP) is 2.58. The molecule has 0 saturated carbocycles. The van der Waals surface area contributed by atoms with Crippen LogP contribution in [0.1, 0.15) is 33.7 Å². The molecule has 1 N–H and O–H groups in total. The molecular formula is C22H24F3N5O2. The second-order valence-electron chi connectivity index (χ2n) is 8.73. The number of aliphatic hydroxyl groups is 1. The van der Waals surface area contributed by atoms with E-state index in [1.165, 1.54) is 16.8 Å². The molecule has 7 nitrogen and oxygen atoms in total. The minimum atomic E-state index is -4.62. The SMILES string of the molecule is Cc1cc(C(=O)N2C[C@H]3CN(c4ccc(C#N)c(C(F)(F)F)c4)CC[C@@]3(CO)C2)n(C)n1. The molecule has 2 aromatic rings. The summed E-state index contributed by atoms with van der Waals surface area (Å²) in [5.41, 5.74) is -0.266. The lowest BCUT2D eigenvalue weighted by atomic mass is 9.73. The Morgan fingerprint density at radius 1 is 1.34 bits per heavy atom. The van der Waals surface area contributed by atoms with E-state index in [2.05, 4.69) is 5.10 Å². The summed E-state index contributed by atoms with van der Waals surface area (Å²) in [6.45, 7) is 3.38. The van der Waals surface area contributed by atoms with Gasteiger partial charge in [-0.05, 0) is 37.6 Å². The van der Waals surface area contributed by atoms with Gasteiger partial charge in [0.2, 0.25) is 0 Å². The number of nitriles is 1. The van der Waals surface area contributed by atoms with Crippen LogP contribution in [0.5, 0.6) is 0 Å². The lowest BCUT2D eigenvalue weighted by Crippen LogP contribution is -2.49. The van der Waals surface area contributed by atoms with Gasteiger partial charge in [-0.3, -0.25) is 9.48 Å². The second-order valence-corrected chi connectivity index (χ2v) is 8.73. The third-order valence-electron chi connectivity index (χ3n) is 6.75. The fraction of sp³-hybridized carbons (Fsp3) is 0.500. The number of carbonyl (C=O) groups is 1. The standard InChI is InChI=1S/C22H24F3N5O2/c1-14-7-19(28(2)27-14)20(32)30-11-16-10-29(6-5-21(16,12-30)13-31)17-4-3-15(9-26)18(8-17)22(23,24)25/h3-4,7-8,16,31H,5-6,10-13H2,1-2H3/t16-,21+/m1/s1. The van der Waals surface area contributed by atoms with Gasteiger partial charge in [-0.2, -0.15) is 23.5 Å². The third-order valence-corrected chi connectivity index (χ3v) is 6.75. The van der Waals surface area contributed by atoms with Crippen molar-refractivity contribution in [2.24, 2.45) is 18.4 Å². The maximum Gasteiger partial charge on any atom is 0.417 e. The van der Waals surface area contributed by atoms with Gasteiger partial charge in [0.15, 0.2) is 0 Å². The second kappa shape index (κ2) is 7.81. The molecule has 170 valence electrons. The van der Waals surface area contributed by atoms with Crippen molar-refractivity contribution in [3.8, 4) is 6.07 Å². The molecule has 2 aliphatic rings. The van der Waals surface area contributed by atoms with Crippen LogP contribution in [0.25, 0.3) is 0 Å². The maximum absolute atomic E-state index is 13.4. The summed E-state index contributed by atoms with van der Waals surface area (Å²) in [7, 11) is 1.70. The molecule has 32 heavy (non-hydrogen) atoms. The number of rotatable bonds is 3. The van der Waals surface area contributed by atoms with Crippen LogP contribution in [0, 0.1) is 29.6 Å². The Morgan fingerprint density at radius 2 is 2.09 bits per heavy atom. The van der Waals surface area contributed by atoms with Crippen molar-refractivity contribution in [3.05, 3.63) is 46.8 Å². The zero-order valence-corrected chi connectivity index (χ0v) is 17.9. The van der Waals surface area contributed by atoms with Crippen LogP contribution >= 0.6 is 0 Å². The number of aromatic nitrogens is 2. The molecule has 1 amide bonds. The number of aryl methyl sites for hydroxylation is 2. The Kier molecular flexibility index (Phi) is 5.41. The highest BCUT2D eigenvalue weighted by atomic mass is 19.4. The number of benzene rings is 1. The van der Waals surface area contributed by atoms with Crippen LogP contribution in [0.2, 0.25) is 0 Å². The fourth-order valence-corrected chi connectivity index (χ4v) is 4.96. The van der Waals surface area contributed by atoms with Crippen LogP contribution in [0.3, 0.4) is 0 Å². The average molecular weight is 447 g/mol.